The molecule has 4 nitrogen and oxygen atoms in total. The second kappa shape index (κ2) is 10.1. The van der Waals surface area contributed by atoms with Crippen molar-refractivity contribution in [2.45, 2.75) is 64.8 Å². The molecule has 0 aromatic carbocycles. The molecule has 0 fully saturated rings. The van der Waals surface area contributed by atoms with Crippen LogP contribution in [0.5, 0.6) is 0 Å². The smallest absolute Gasteiger partial charge is 0.195 e. The average molecular weight is 285 g/mol. The third-order valence-corrected chi connectivity index (χ3v) is 3.67. The van der Waals surface area contributed by atoms with Crippen molar-refractivity contribution in [3.63, 3.8) is 0 Å². The van der Waals surface area contributed by atoms with Gasteiger partial charge in [0.15, 0.2) is 4.77 Å². The molecule has 0 aliphatic heterocycles. The van der Waals surface area contributed by atoms with Crippen molar-refractivity contribution in [1.82, 2.24) is 14.8 Å². The molecule has 0 atom stereocenters. The number of unbranched alkanes of at least 4 members (excludes halogenated alkanes) is 6. The van der Waals surface area contributed by atoms with Crippen molar-refractivity contribution in [2.75, 3.05) is 13.7 Å². The zero-order valence-corrected chi connectivity index (χ0v) is 13.1. The van der Waals surface area contributed by atoms with Crippen molar-refractivity contribution in [1.29, 1.82) is 0 Å². The van der Waals surface area contributed by atoms with Crippen LogP contribution in [0.4, 0.5) is 0 Å². The number of hydrogen-bond acceptors (Lipinski definition) is 3. The van der Waals surface area contributed by atoms with E-state index in [1.165, 1.54) is 44.9 Å². The van der Waals surface area contributed by atoms with Gasteiger partial charge >= 0.3 is 0 Å². The fraction of sp³-hybridized carbons (Fsp3) is 0.857. The SMILES string of the molecule is CCCCCCCCCc1n[nH]c(=S)n1CCOC. The number of nitrogens with zero attached hydrogens (tertiary/aromatic N) is 2. The molecule has 110 valence electrons. The lowest BCUT2D eigenvalue weighted by atomic mass is 10.1. The fourth-order valence-corrected chi connectivity index (χ4v) is 2.44. The number of hydrogen-bond donors (Lipinski definition) is 1. The summed E-state index contributed by atoms with van der Waals surface area (Å²) in [5.41, 5.74) is 0. The van der Waals surface area contributed by atoms with Gasteiger partial charge in [0, 0.05) is 20.1 Å². The van der Waals surface area contributed by atoms with E-state index in [-0.39, 0.29) is 0 Å². The largest absolute Gasteiger partial charge is 0.383 e. The molecular weight excluding hydrogens is 258 g/mol. The summed E-state index contributed by atoms with van der Waals surface area (Å²) in [5, 5.41) is 7.18. The van der Waals surface area contributed by atoms with E-state index in [1.807, 2.05) is 0 Å². The van der Waals surface area contributed by atoms with Crippen molar-refractivity contribution in [2.24, 2.45) is 0 Å². The van der Waals surface area contributed by atoms with E-state index in [4.69, 9.17) is 17.0 Å². The second-order valence-corrected chi connectivity index (χ2v) is 5.35. The Labute approximate surface area is 121 Å². The van der Waals surface area contributed by atoms with Gasteiger partial charge in [-0.25, -0.2) is 0 Å². The van der Waals surface area contributed by atoms with Crippen LogP contribution in [0.15, 0.2) is 0 Å². The minimum Gasteiger partial charge on any atom is -0.383 e. The summed E-state index contributed by atoms with van der Waals surface area (Å²) in [6.07, 6.45) is 10.2. The van der Waals surface area contributed by atoms with Crippen LogP contribution in [0, 0.1) is 4.77 Å². The standard InChI is InChI=1S/C14H27N3OS/c1-3-4-5-6-7-8-9-10-13-15-16-14(19)17(13)11-12-18-2/h3-12H2,1-2H3,(H,16,19). The molecule has 1 rings (SSSR count). The highest BCUT2D eigenvalue weighted by molar-refractivity contribution is 7.71. The van der Waals surface area contributed by atoms with E-state index in [0.29, 0.717) is 11.4 Å². The lowest BCUT2D eigenvalue weighted by Gasteiger charge is -2.06. The Hall–Kier alpha value is -0.680. The van der Waals surface area contributed by atoms with Crippen LogP contribution in [0.3, 0.4) is 0 Å². The highest BCUT2D eigenvalue weighted by Gasteiger charge is 2.05. The Bertz CT molecular complexity index is 386. The first-order chi connectivity index (χ1) is 9.29. The molecule has 0 amide bonds. The number of aromatic amines is 1. The van der Waals surface area contributed by atoms with Gasteiger partial charge in [0.25, 0.3) is 0 Å². The third-order valence-electron chi connectivity index (χ3n) is 3.36. The zero-order valence-electron chi connectivity index (χ0n) is 12.3. The monoisotopic (exact) mass is 285 g/mol. The molecule has 1 aromatic heterocycles. The topological polar surface area (TPSA) is 42.8 Å². The van der Waals surface area contributed by atoms with Crippen LogP contribution in [0.2, 0.25) is 0 Å². The molecule has 1 aromatic rings. The minimum atomic E-state index is 0.678. The number of methoxy groups -OCH3 is 1. The van der Waals surface area contributed by atoms with E-state index in [9.17, 15) is 0 Å². The molecule has 0 spiro atoms. The number of ether oxygens (including phenoxy) is 1. The average Bonchev–Trinajstić information content (AvgIpc) is 2.76. The summed E-state index contributed by atoms with van der Waals surface area (Å²) in [5.74, 6) is 1.07. The maximum Gasteiger partial charge on any atom is 0.195 e. The van der Waals surface area contributed by atoms with Crippen molar-refractivity contribution in [3.8, 4) is 0 Å². The summed E-state index contributed by atoms with van der Waals surface area (Å²) in [7, 11) is 1.71. The Morgan fingerprint density at radius 1 is 1.16 bits per heavy atom. The van der Waals surface area contributed by atoms with E-state index in [2.05, 4.69) is 21.7 Å². The van der Waals surface area contributed by atoms with Gasteiger partial charge < -0.3 is 9.30 Å². The highest BCUT2D eigenvalue weighted by atomic mass is 32.1. The van der Waals surface area contributed by atoms with E-state index in [1.54, 1.807) is 7.11 Å². The minimum absolute atomic E-state index is 0.678. The molecule has 1 N–H and O–H groups in total. The van der Waals surface area contributed by atoms with Gasteiger partial charge in [-0.2, -0.15) is 5.10 Å². The molecule has 0 radical (unpaired) electrons. The number of aromatic nitrogens is 3. The molecule has 0 aliphatic carbocycles. The molecule has 0 bridgehead atoms. The van der Waals surface area contributed by atoms with Gasteiger partial charge in [0.1, 0.15) is 5.82 Å². The summed E-state index contributed by atoms with van der Waals surface area (Å²) in [6.45, 7) is 3.72. The first-order valence-electron chi connectivity index (χ1n) is 7.42. The molecule has 5 heteroatoms. The van der Waals surface area contributed by atoms with E-state index >= 15 is 0 Å². The lowest BCUT2D eigenvalue weighted by Crippen LogP contribution is -2.08. The van der Waals surface area contributed by atoms with Gasteiger partial charge in [-0.05, 0) is 18.6 Å². The number of aryl methyl sites for hydroxylation is 1. The Balaban J connectivity index is 2.23. The molecule has 0 aliphatic rings. The number of rotatable bonds is 11. The first kappa shape index (κ1) is 16.4. The summed E-state index contributed by atoms with van der Waals surface area (Å²) in [4.78, 5) is 0. The van der Waals surface area contributed by atoms with Crippen LogP contribution in [-0.2, 0) is 17.7 Å². The maximum absolute atomic E-state index is 5.23. The quantitative estimate of drug-likeness (QED) is 0.495. The van der Waals surface area contributed by atoms with Crippen LogP contribution in [0.25, 0.3) is 0 Å². The molecule has 0 saturated carbocycles. The molecule has 1 heterocycles. The summed E-state index contributed by atoms with van der Waals surface area (Å²) >= 11 is 5.23. The van der Waals surface area contributed by atoms with Gasteiger partial charge in [-0.3, -0.25) is 5.10 Å². The fourth-order valence-electron chi connectivity index (χ4n) is 2.19. The van der Waals surface area contributed by atoms with Crippen LogP contribution in [0.1, 0.15) is 57.7 Å². The molecule has 19 heavy (non-hydrogen) atoms. The third kappa shape index (κ3) is 6.34. The lowest BCUT2D eigenvalue weighted by molar-refractivity contribution is 0.186. The normalized spacial score (nSPS) is 11.1. The van der Waals surface area contributed by atoms with Gasteiger partial charge in [-0.1, -0.05) is 45.4 Å². The zero-order chi connectivity index (χ0) is 13.9. The maximum atomic E-state index is 5.23. The summed E-state index contributed by atoms with van der Waals surface area (Å²) < 4.78 is 7.85. The van der Waals surface area contributed by atoms with Gasteiger partial charge in [0.2, 0.25) is 0 Å². The first-order valence-corrected chi connectivity index (χ1v) is 7.83. The molecule has 0 unspecified atom stereocenters. The highest BCUT2D eigenvalue weighted by Crippen LogP contribution is 2.10. The predicted octanol–water partition coefficient (Wildman–Crippen LogP) is 3.88. The van der Waals surface area contributed by atoms with E-state index in [0.717, 1.165) is 18.8 Å². The van der Waals surface area contributed by atoms with Gasteiger partial charge in [0.05, 0.1) is 6.61 Å². The van der Waals surface area contributed by atoms with Crippen molar-refractivity contribution >= 4 is 12.2 Å². The second-order valence-electron chi connectivity index (χ2n) is 4.96. The van der Waals surface area contributed by atoms with Crippen molar-refractivity contribution in [3.05, 3.63) is 10.6 Å². The van der Waals surface area contributed by atoms with Crippen molar-refractivity contribution < 1.29 is 4.74 Å². The number of H-pyrrole nitrogens is 1. The molecule has 0 saturated heterocycles. The Kier molecular flexibility index (Phi) is 8.75. The van der Waals surface area contributed by atoms with E-state index < -0.39 is 0 Å². The Morgan fingerprint density at radius 3 is 2.53 bits per heavy atom. The summed E-state index contributed by atoms with van der Waals surface area (Å²) in [6, 6.07) is 0. The van der Waals surface area contributed by atoms with Gasteiger partial charge in [-0.15, -0.1) is 0 Å². The van der Waals surface area contributed by atoms with Crippen LogP contribution in [-0.4, -0.2) is 28.5 Å². The number of nitrogens with one attached hydrogen (secondary N) is 1. The van der Waals surface area contributed by atoms with Crippen LogP contribution < -0.4 is 0 Å². The predicted molar refractivity (Wildman–Crippen MR) is 81.0 cm³/mol. The molecular formula is C14H27N3OS. The van der Waals surface area contributed by atoms with Crippen LogP contribution >= 0.6 is 12.2 Å². The Morgan fingerprint density at radius 2 is 1.84 bits per heavy atom.